The Balaban J connectivity index is 1.79. The smallest absolute Gasteiger partial charge is 0.0680 e. The van der Waals surface area contributed by atoms with Crippen LogP contribution in [0.3, 0.4) is 0 Å². The molecule has 2 aliphatic carbocycles. The summed E-state index contributed by atoms with van der Waals surface area (Å²) in [7, 11) is 0. The molecule has 6 rings (SSSR count). The van der Waals surface area contributed by atoms with E-state index in [2.05, 4.69) is 99.7 Å². The van der Waals surface area contributed by atoms with Crippen LogP contribution < -0.4 is 0 Å². The molecule has 0 radical (unpaired) electrons. The molecule has 0 N–H and O–H groups in total. The highest BCUT2D eigenvalue weighted by Gasteiger charge is 2.68. The molecule has 4 aliphatic rings. The first-order valence-corrected chi connectivity index (χ1v) is 12.7. The lowest BCUT2D eigenvalue weighted by Crippen LogP contribution is -2.56. The molecule has 148 valence electrons. The van der Waals surface area contributed by atoms with Gasteiger partial charge in [0.05, 0.1) is 9.49 Å². The van der Waals surface area contributed by atoms with Crippen molar-refractivity contribution in [1.29, 1.82) is 0 Å². The third-order valence-corrected chi connectivity index (χ3v) is 11.5. The van der Waals surface area contributed by atoms with E-state index in [1.54, 1.807) is 22.3 Å². The molecule has 2 aliphatic heterocycles. The van der Waals surface area contributed by atoms with Gasteiger partial charge in [0.2, 0.25) is 0 Å². The molecule has 2 aromatic carbocycles. The van der Waals surface area contributed by atoms with Gasteiger partial charge in [0.25, 0.3) is 0 Å². The Bertz CT molecular complexity index is 1020. The van der Waals surface area contributed by atoms with E-state index < -0.39 is 0 Å². The van der Waals surface area contributed by atoms with Crippen molar-refractivity contribution in [2.75, 3.05) is 0 Å². The molecule has 2 aromatic rings. The van der Waals surface area contributed by atoms with Gasteiger partial charge in [0.15, 0.2) is 0 Å². The second-order valence-corrected chi connectivity index (χ2v) is 12.1. The van der Waals surface area contributed by atoms with Gasteiger partial charge in [0.1, 0.15) is 0 Å². The Morgan fingerprint density at radius 3 is 1.48 bits per heavy atom. The number of allylic oxidation sites excluding steroid dienone is 2. The zero-order valence-electron chi connectivity index (χ0n) is 17.7. The standard InChI is InChI=1S/C27H28S2/c1-16(2)26-24(20-10-5-7-14-22(20)28-26)18-12-9-13-19(18)25-21-11-6-8-15-23(21)29-27(25,26)17(3)4/h5-8,10-11,14-17H,9,12-13H2,1-4H3. The molecule has 1 saturated carbocycles. The topological polar surface area (TPSA) is 0 Å². The van der Waals surface area contributed by atoms with Crippen molar-refractivity contribution in [1.82, 2.24) is 0 Å². The first-order valence-electron chi connectivity index (χ1n) is 11.1. The maximum Gasteiger partial charge on any atom is 0.0680 e. The van der Waals surface area contributed by atoms with E-state index in [0.29, 0.717) is 11.8 Å². The SMILES string of the molecule is CC(C)C12Sc3ccccc3C1=C1CCCC1=C1c3ccccc3SC12C(C)C. The summed E-state index contributed by atoms with van der Waals surface area (Å²) in [4.78, 5) is 2.99. The Kier molecular flexibility index (Phi) is 3.85. The lowest BCUT2D eigenvalue weighted by Gasteiger charge is -2.55. The van der Waals surface area contributed by atoms with Gasteiger partial charge >= 0.3 is 0 Å². The number of hydrogen-bond acceptors (Lipinski definition) is 2. The lowest BCUT2D eigenvalue weighted by molar-refractivity contribution is 0.384. The van der Waals surface area contributed by atoms with Crippen LogP contribution in [0.1, 0.15) is 58.1 Å². The third kappa shape index (κ3) is 2.01. The van der Waals surface area contributed by atoms with Gasteiger partial charge in [-0.2, -0.15) is 0 Å². The average Bonchev–Trinajstić information content (AvgIpc) is 3.39. The highest BCUT2D eigenvalue weighted by molar-refractivity contribution is 8.06. The van der Waals surface area contributed by atoms with Crippen LogP contribution in [0.25, 0.3) is 11.1 Å². The number of fused-ring (bicyclic) bond motifs is 8. The van der Waals surface area contributed by atoms with Crippen LogP contribution in [0.2, 0.25) is 0 Å². The molecule has 0 saturated heterocycles. The Hall–Kier alpha value is -1.38. The van der Waals surface area contributed by atoms with Gasteiger partial charge in [-0.1, -0.05) is 64.1 Å². The largest absolute Gasteiger partial charge is 0.112 e. The molecule has 29 heavy (non-hydrogen) atoms. The molecule has 2 heteroatoms. The van der Waals surface area contributed by atoms with Gasteiger partial charge in [-0.05, 0) is 76.7 Å². The normalized spacial score (nSPS) is 29.3. The second-order valence-electron chi connectivity index (χ2n) is 9.54. The first kappa shape index (κ1) is 18.4. The van der Waals surface area contributed by atoms with Crippen molar-refractivity contribution in [2.24, 2.45) is 11.8 Å². The molecular formula is C27H28S2. The van der Waals surface area contributed by atoms with Crippen LogP contribution in [-0.4, -0.2) is 9.49 Å². The number of thioether (sulfide) groups is 2. The fourth-order valence-electron chi connectivity index (χ4n) is 6.64. The lowest BCUT2D eigenvalue weighted by atomic mass is 9.60. The van der Waals surface area contributed by atoms with Crippen molar-refractivity contribution in [2.45, 2.75) is 66.2 Å². The molecule has 0 bridgehead atoms. The summed E-state index contributed by atoms with van der Waals surface area (Å²) >= 11 is 4.37. The summed E-state index contributed by atoms with van der Waals surface area (Å²) in [5, 5.41) is 0. The van der Waals surface area contributed by atoms with Crippen LogP contribution in [-0.2, 0) is 0 Å². The summed E-state index contributed by atoms with van der Waals surface area (Å²) < 4.78 is 0.181. The zero-order chi connectivity index (χ0) is 20.0. The van der Waals surface area contributed by atoms with Crippen LogP contribution in [0.5, 0.6) is 0 Å². The highest BCUT2D eigenvalue weighted by Crippen LogP contribution is 2.77. The summed E-state index contributed by atoms with van der Waals surface area (Å²) in [5.41, 5.74) is 9.82. The van der Waals surface area contributed by atoms with Crippen molar-refractivity contribution >= 4 is 34.7 Å². The maximum absolute atomic E-state index is 2.48. The fraction of sp³-hybridized carbons (Fsp3) is 0.407. The molecular weight excluding hydrogens is 388 g/mol. The Morgan fingerprint density at radius 2 is 1.07 bits per heavy atom. The monoisotopic (exact) mass is 416 g/mol. The minimum absolute atomic E-state index is 0.0903. The minimum Gasteiger partial charge on any atom is -0.112 e. The van der Waals surface area contributed by atoms with Crippen LogP contribution in [0.4, 0.5) is 0 Å². The van der Waals surface area contributed by atoms with Gasteiger partial charge < -0.3 is 0 Å². The highest BCUT2D eigenvalue weighted by atomic mass is 32.2. The van der Waals surface area contributed by atoms with Crippen LogP contribution in [0.15, 0.2) is 69.5 Å². The Labute approximate surface area is 183 Å². The molecule has 0 spiro atoms. The van der Waals surface area contributed by atoms with E-state index in [1.807, 2.05) is 0 Å². The third-order valence-electron chi connectivity index (χ3n) is 7.60. The number of hydrogen-bond donors (Lipinski definition) is 0. The summed E-state index contributed by atoms with van der Waals surface area (Å²) in [6, 6.07) is 18.5. The molecule has 2 unspecified atom stereocenters. The van der Waals surface area contributed by atoms with Crippen molar-refractivity contribution in [3.8, 4) is 0 Å². The molecule has 2 heterocycles. The molecule has 0 nitrogen and oxygen atoms in total. The van der Waals surface area contributed by atoms with E-state index in [0.717, 1.165) is 0 Å². The number of rotatable bonds is 2. The summed E-state index contributed by atoms with van der Waals surface area (Å²) in [6.07, 6.45) is 3.80. The summed E-state index contributed by atoms with van der Waals surface area (Å²) in [5.74, 6) is 1.12. The molecule has 2 atom stereocenters. The van der Waals surface area contributed by atoms with E-state index in [1.165, 1.54) is 40.2 Å². The van der Waals surface area contributed by atoms with E-state index in [-0.39, 0.29) is 9.49 Å². The predicted octanol–water partition coefficient (Wildman–Crippen LogP) is 8.09. The quantitative estimate of drug-likeness (QED) is 0.485. The molecule has 1 fully saturated rings. The van der Waals surface area contributed by atoms with E-state index >= 15 is 0 Å². The van der Waals surface area contributed by atoms with Crippen molar-refractivity contribution < 1.29 is 0 Å². The second kappa shape index (κ2) is 6.08. The van der Waals surface area contributed by atoms with Crippen LogP contribution >= 0.6 is 23.5 Å². The van der Waals surface area contributed by atoms with E-state index in [9.17, 15) is 0 Å². The zero-order valence-corrected chi connectivity index (χ0v) is 19.3. The van der Waals surface area contributed by atoms with Gasteiger partial charge in [-0.25, -0.2) is 0 Å². The van der Waals surface area contributed by atoms with Crippen molar-refractivity contribution in [3.63, 3.8) is 0 Å². The minimum atomic E-state index is 0.0903. The van der Waals surface area contributed by atoms with Crippen LogP contribution in [0, 0.1) is 11.8 Å². The molecule has 0 aromatic heterocycles. The van der Waals surface area contributed by atoms with Gasteiger partial charge in [0, 0.05) is 9.79 Å². The fourth-order valence-corrected chi connectivity index (χ4v) is 10.6. The molecule has 0 amide bonds. The van der Waals surface area contributed by atoms with Gasteiger partial charge in [-0.3, -0.25) is 0 Å². The maximum atomic E-state index is 2.48. The number of benzene rings is 2. The van der Waals surface area contributed by atoms with E-state index in [4.69, 9.17) is 0 Å². The Morgan fingerprint density at radius 1 is 0.655 bits per heavy atom. The predicted molar refractivity (Wildman–Crippen MR) is 127 cm³/mol. The van der Waals surface area contributed by atoms with Crippen molar-refractivity contribution in [3.05, 3.63) is 70.8 Å². The van der Waals surface area contributed by atoms with Gasteiger partial charge in [-0.15, -0.1) is 23.5 Å². The summed E-state index contributed by atoms with van der Waals surface area (Å²) in [6.45, 7) is 9.91. The average molecular weight is 417 g/mol. The first-order chi connectivity index (χ1) is 14.0.